The van der Waals surface area contributed by atoms with E-state index in [1.807, 2.05) is 28.8 Å². The van der Waals surface area contributed by atoms with Crippen LogP contribution in [0.2, 0.25) is 0 Å². The minimum Gasteiger partial charge on any atom is -0.327 e. The number of nitrogens with two attached hydrogens (primary N) is 1. The van der Waals surface area contributed by atoms with Gasteiger partial charge in [-0.05, 0) is 12.1 Å². The van der Waals surface area contributed by atoms with Crippen molar-refractivity contribution in [3.8, 4) is 0 Å². The van der Waals surface area contributed by atoms with E-state index in [1.54, 1.807) is 11.8 Å². The molecule has 0 saturated heterocycles. The normalized spacial score (nSPS) is 10.7. The number of nitrogens with zero attached hydrogens (tertiary/aromatic N) is 3. The maximum absolute atomic E-state index is 5.47. The molecule has 0 atom stereocenters. The van der Waals surface area contributed by atoms with Crippen molar-refractivity contribution in [1.82, 2.24) is 14.6 Å². The number of hydrogen-bond acceptors (Lipinski definition) is 4. The summed E-state index contributed by atoms with van der Waals surface area (Å²) in [5, 5.41) is 9.02. The standard InChI is InChI=1S/C10H12N4S/c1-8(6-11)7-15-10-13-12-9-4-2-3-5-14(9)10/h2-5H,1,6-7,11H2. The molecule has 0 aliphatic heterocycles. The molecule has 0 aliphatic carbocycles. The zero-order chi connectivity index (χ0) is 10.7. The van der Waals surface area contributed by atoms with E-state index >= 15 is 0 Å². The summed E-state index contributed by atoms with van der Waals surface area (Å²) in [6.45, 7) is 4.37. The Balaban J connectivity index is 2.18. The summed E-state index contributed by atoms with van der Waals surface area (Å²) in [4.78, 5) is 0. The first kappa shape index (κ1) is 10.2. The molecular formula is C10H12N4S. The Kier molecular flexibility index (Phi) is 3.03. The second-order valence-electron chi connectivity index (χ2n) is 3.15. The predicted molar refractivity (Wildman–Crippen MR) is 61.9 cm³/mol. The molecule has 0 amide bonds. The van der Waals surface area contributed by atoms with Crippen molar-refractivity contribution >= 4 is 17.4 Å². The van der Waals surface area contributed by atoms with E-state index in [-0.39, 0.29) is 0 Å². The largest absolute Gasteiger partial charge is 0.327 e. The van der Waals surface area contributed by atoms with E-state index < -0.39 is 0 Å². The van der Waals surface area contributed by atoms with Gasteiger partial charge >= 0.3 is 0 Å². The summed E-state index contributed by atoms with van der Waals surface area (Å²) in [7, 11) is 0. The van der Waals surface area contributed by atoms with Crippen molar-refractivity contribution in [1.29, 1.82) is 0 Å². The fraction of sp³-hybridized carbons (Fsp3) is 0.200. The van der Waals surface area contributed by atoms with Crippen molar-refractivity contribution in [2.75, 3.05) is 12.3 Å². The molecule has 0 fully saturated rings. The van der Waals surface area contributed by atoms with Gasteiger partial charge in [0.25, 0.3) is 0 Å². The molecule has 0 aliphatic rings. The number of hydrogen-bond donors (Lipinski definition) is 1. The lowest BCUT2D eigenvalue weighted by atomic mass is 10.4. The van der Waals surface area contributed by atoms with Crippen LogP contribution in [0.3, 0.4) is 0 Å². The number of pyridine rings is 1. The summed E-state index contributed by atoms with van der Waals surface area (Å²) < 4.78 is 1.95. The van der Waals surface area contributed by atoms with Crippen molar-refractivity contribution in [2.45, 2.75) is 5.16 Å². The fourth-order valence-electron chi connectivity index (χ4n) is 1.14. The zero-order valence-corrected chi connectivity index (χ0v) is 9.07. The second-order valence-corrected chi connectivity index (χ2v) is 4.10. The third kappa shape index (κ3) is 2.19. The molecule has 0 unspecified atom stereocenters. The highest BCUT2D eigenvalue weighted by Crippen LogP contribution is 2.18. The van der Waals surface area contributed by atoms with Crippen LogP contribution in [0.5, 0.6) is 0 Å². The maximum atomic E-state index is 5.47. The highest BCUT2D eigenvalue weighted by Gasteiger charge is 2.04. The summed E-state index contributed by atoms with van der Waals surface area (Å²) in [6, 6.07) is 5.82. The Labute approximate surface area is 92.2 Å². The monoisotopic (exact) mass is 220 g/mol. The number of aromatic nitrogens is 3. The van der Waals surface area contributed by atoms with E-state index in [0.29, 0.717) is 6.54 Å². The molecule has 78 valence electrons. The highest BCUT2D eigenvalue weighted by molar-refractivity contribution is 7.99. The average Bonchev–Trinajstić information content (AvgIpc) is 2.69. The van der Waals surface area contributed by atoms with Crippen molar-refractivity contribution in [3.63, 3.8) is 0 Å². The van der Waals surface area contributed by atoms with Crippen LogP contribution in [-0.4, -0.2) is 26.9 Å². The van der Waals surface area contributed by atoms with Crippen LogP contribution in [-0.2, 0) is 0 Å². The minimum atomic E-state index is 0.518. The first-order valence-electron chi connectivity index (χ1n) is 4.60. The maximum Gasteiger partial charge on any atom is 0.195 e. The zero-order valence-electron chi connectivity index (χ0n) is 8.26. The van der Waals surface area contributed by atoms with Gasteiger partial charge in [-0.1, -0.05) is 30.0 Å². The van der Waals surface area contributed by atoms with E-state index in [1.165, 1.54) is 0 Å². The fourth-order valence-corrected chi connectivity index (χ4v) is 1.99. The van der Waals surface area contributed by atoms with Crippen molar-refractivity contribution in [2.24, 2.45) is 5.73 Å². The van der Waals surface area contributed by atoms with E-state index in [9.17, 15) is 0 Å². The molecule has 0 saturated carbocycles. The summed E-state index contributed by atoms with van der Waals surface area (Å²) in [5.41, 5.74) is 7.34. The van der Waals surface area contributed by atoms with Crippen LogP contribution in [0.25, 0.3) is 5.65 Å². The molecule has 2 aromatic heterocycles. The average molecular weight is 220 g/mol. The first-order chi connectivity index (χ1) is 7.31. The highest BCUT2D eigenvalue weighted by atomic mass is 32.2. The van der Waals surface area contributed by atoms with Crippen molar-refractivity contribution < 1.29 is 0 Å². The van der Waals surface area contributed by atoms with Crippen LogP contribution in [0, 0.1) is 0 Å². The lowest BCUT2D eigenvalue weighted by Gasteiger charge is -2.00. The smallest absolute Gasteiger partial charge is 0.195 e. The molecule has 0 spiro atoms. The Morgan fingerprint density at radius 2 is 2.33 bits per heavy atom. The van der Waals surface area contributed by atoms with E-state index in [0.717, 1.165) is 22.1 Å². The number of rotatable bonds is 4. The summed E-state index contributed by atoms with van der Waals surface area (Å²) in [5.74, 6) is 0.784. The minimum absolute atomic E-state index is 0.518. The van der Waals surface area contributed by atoms with Gasteiger partial charge in [-0.2, -0.15) is 0 Å². The van der Waals surface area contributed by atoms with Crippen LogP contribution in [0.1, 0.15) is 0 Å². The van der Waals surface area contributed by atoms with Crippen LogP contribution in [0.15, 0.2) is 41.7 Å². The third-order valence-corrected chi connectivity index (χ3v) is 3.07. The SMILES string of the molecule is C=C(CN)CSc1nnc2ccccn12. The number of fused-ring (bicyclic) bond motifs is 1. The first-order valence-corrected chi connectivity index (χ1v) is 5.59. The van der Waals surface area contributed by atoms with Gasteiger partial charge in [0.15, 0.2) is 10.8 Å². The van der Waals surface area contributed by atoms with Crippen molar-refractivity contribution in [3.05, 3.63) is 36.5 Å². The summed E-state index contributed by atoms with van der Waals surface area (Å²) >= 11 is 1.60. The molecule has 4 nitrogen and oxygen atoms in total. The molecule has 15 heavy (non-hydrogen) atoms. The molecule has 0 aromatic carbocycles. The van der Waals surface area contributed by atoms with Gasteiger partial charge in [0.1, 0.15) is 0 Å². The summed E-state index contributed by atoms with van der Waals surface area (Å²) in [6.07, 6.45) is 1.95. The van der Waals surface area contributed by atoms with Gasteiger partial charge in [-0.3, -0.25) is 4.40 Å². The van der Waals surface area contributed by atoms with Gasteiger partial charge in [0.05, 0.1) is 0 Å². The van der Waals surface area contributed by atoms with Gasteiger partial charge in [-0.15, -0.1) is 10.2 Å². The molecule has 2 rings (SSSR count). The van der Waals surface area contributed by atoms with Gasteiger partial charge in [0, 0.05) is 18.5 Å². The molecular weight excluding hydrogens is 208 g/mol. The van der Waals surface area contributed by atoms with Crippen LogP contribution >= 0.6 is 11.8 Å². The quantitative estimate of drug-likeness (QED) is 0.624. The lowest BCUT2D eigenvalue weighted by molar-refractivity contribution is 0.922. The molecule has 2 aromatic rings. The third-order valence-electron chi connectivity index (χ3n) is 1.98. The Bertz CT molecular complexity index is 477. The second kappa shape index (κ2) is 4.46. The molecule has 2 heterocycles. The van der Waals surface area contributed by atoms with Gasteiger partial charge in [-0.25, -0.2) is 0 Å². The topological polar surface area (TPSA) is 56.2 Å². The van der Waals surface area contributed by atoms with E-state index in [2.05, 4.69) is 16.8 Å². The van der Waals surface area contributed by atoms with Crippen LogP contribution in [0.4, 0.5) is 0 Å². The molecule has 0 bridgehead atoms. The Morgan fingerprint density at radius 3 is 3.13 bits per heavy atom. The van der Waals surface area contributed by atoms with Gasteiger partial charge in [0.2, 0.25) is 0 Å². The Morgan fingerprint density at radius 1 is 1.47 bits per heavy atom. The van der Waals surface area contributed by atoms with Gasteiger partial charge < -0.3 is 5.73 Å². The van der Waals surface area contributed by atoms with Crippen LogP contribution < -0.4 is 5.73 Å². The van der Waals surface area contributed by atoms with E-state index in [4.69, 9.17) is 5.73 Å². The molecule has 5 heteroatoms. The lowest BCUT2D eigenvalue weighted by Crippen LogP contribution is -2.03. The Hall–Kier alpha value is -1.33. The molecule has 2 N–H and O–H groups in total. The predicted octanol–water partition coefficient (Wildman–Crippen LogP) is 1.34. The number of thioether (sulfide) groups is 1. The molecule has 0 radical (unpaired) electrons.